The Balaban J connectivity index is 1.43. The number of amides is 1. The van der Waals surface area contributed by atoms with Gasteiger partial charge in [-0.15, -0.1) is 0 Å². The predicted molar refractivity (Wildman–Crippen MR) is 121 cm³/mol. The highest BCUT2D eigenvalue weighted by molar-refractivity contribution is 5.98. The fourth-order valence-corrected chi connectivity index (χ4v) is 3.87. The summed E-state index contributed by atoms with van der Waals surface area (Å²) in [6.07, 6.45) is 4.27. The van der Waals surface area contributed by atoms with Gasteiger partial charge >= 0.3 is 0 Å². The number of ketones is 1. The zero-order valence-corrected chi connectivity index (χ0v) is 17.3. The highest BCUT2D eigenvalue weighted by Gasteiger charge is 2.16. The summed E-state index contributed by atoms with van der Waals surface area (Å²) in [6, 6.07) is 20.0. The van der Waals surface area contributed by atoms with Gasteiger partial charge in [-0.1, -0.05) is 30.3 Å². The SMILES string of the molecule is O=C(CCc1ccccc1)Nc1cc(Nc2ccc3c(c2)CCCCC3=O)ccc1F. The molecule has 0 saturated carbocycles. The smallest absolute Gasteiger partial charge is 0.224 e. The Bertz CT molecular complexity index is 1100. The van der Waals surface area contributed by atoms with Gasteiger partial charge in [0.15, 0.2) is 5.78 Å². The van der Waals surface area contributed by atoms with Gasteiger partial charge in [-0.05, 0) is 73.2 Å². The van der Waals surface area contributed by atoms with Gasteiger partial charge in [0.1, 0.15) is 5.82 Å². The molecule has 1 aliphatic carbocycles. The van der Waals surface area contributed by atoms with Crippen LogP contribution in [-0.4, -0.2) is 11.7 Å². The molecule has 1 amide bonds. The lowest BCUT2D eigenvalue weighted by atomic mass is 10.0. The molecule has 0 aliphatic heterocycles. The van der Waals surface area contributed by atoms with Gasteiger partial charge in [0.05, 0.1) is 5.69 Å². The Kier molecular flexibility index (Phi) is 6.41. The fourth-order valence-electron chi connectivity index (χ4n) is 3.87. The molecule has 0 saturated heterocycles. The number of hydrogen-bond donors (Lipinski definition) is 2. The first-order valence-electron chi connectivity index (χ1n) is 10.6. The Hall–Kier alpha value is -3.47. The number of carbonyl (C=O) groups excluding carboxylic acids is 2. The van der Waals surface area contributed by atoms with Crippen LogP contribution in [0.4, 0.5) is 21.5 Å². The van der Waals surface area contributed by atoms with E-state index in [1.165, 1.54) is 6.07 Å². The lowest BCUT2D eigenvalue weighted by molar-refractivity contribution is -0.116. The Morgan fingerprint density at radius 2 is 1.65 bits per heavy atom. The van der Waals surface area contributed by atoms with Crippen LogP contribution in [-0.2, 0) is 17.6 Å². The van der Waals surface area contributed by atoms with Crippen LogP contribution in [0.3, 0.4) is 0 Å². The van der Waals surface area contributed by atoms with Crippen molar-refractivity contribution in [3.05, 3.63) is 89.2 Å². The van der Waals surface area contributed by atoms with Crippen molar-refractivity contribution in [3.63, 3.8) is 0 Å². The van der Waals surface area contributed by atoms with Crippen LogP contribution < -0.4 is 10.6 Å². The summed E-state index contributed by atoms with van der Waals surface area (Å²) in [5.41, 5.74) is 4.56. The first-order valence-corrected chi connectivity index (χ1v) is 10.6. The number of Topliss-reactive ketones (excluding diaryl/α,β-unsaturated/α-hetero) is 1. The molecular formula is C26H25FN2O2. The number of anilines is 3. The lowest BCUT2D eigenvalue weighted by Crippen LogP contribution is -2.13. The molecular weight excluding hydrogens is 391 g/mol. The van der Waals surface area contributed by atoms with E-state index in [-0.39, 0.29) is 23.8 Å². The maximum atomic E-state index is 14.3. The van der Waals surface area contributed by atoms with Gasteiger partial charge in [-0.25, -0.2) is 4.39 Å². The summed E-state index contributed by atoms with van der Waals surface area (Å²) in [4.78, 5) is 24.5. The van der Waals surface area contributed by atoms with Crippen molar-refractivity contribution in [2.24, 2.45) is 0 Å². The number of carbonyl (C=O) groups is 2. The quantitative estimate of drug-likeness (QED) is 0.481. The number of nitrogens with one attached hydrogen (secondary N) is 2. The number of aryl methyl sites for hydroxylation is 2. The second-order valence-corrected chi connectivity index (χ2v) is 7.86. The predicted octanol–water partition coefficient (Wildman–Crippen LogP) is 6.05. The number of halogens is 1. The van der Waals surface area contributed by atoms with Gasteiger partial charge < -0.3 is 10.6 Å². The second-order valence-electron chi connectivity index (χ2n) is 7.86. The Morgan fingerprint density at radius 1 is 0.903 bits per heavy atom. The average Bonchev–Trinajstić information content (AvgIpc) is 2.96. The van der Waals surface area contributed by atoms with Crippen LogP contribution >= 0.6 is 0 Å². The summed E-state index contributed by atoms with van der Waals surface area (Å²) in [5.74, 6) is -0.518. The maximum Gasteiger partial charge on any atom is 0.224 e. The third kappa shape index (κ3) is 5.37. The Labute approximate surface area is 181 Å². The number of benzene rings is 3. The van der Waals surface area contributed by atoms with E-state index in [1.54, 1.807) is 12.1 Å². The zero-order chi connectivity index (χ0) is 21.6. The van der Waals surface area contributed by atoms with Crippen LogP contribution in [0.15, 0.2) is 66.7 Å². The summed E-state index contributed by atoms with van der Waals surface area (Å²) in [6.45, 7) is 0. The first-order chi connectivity index (χ1) is 15.1. The van der Waals surface area contributed by atoms with E-state index in [2.05, 4.69) is 10.6 Å². The van der Waals surface area contributed by atoms with Crippen molar-refractivity contribution >= 4 is 28.8 Å². The van der Waals surface area contributed by atoms with Gasteiger partial charge in [0.2, 0.25) is 5.91 Å². The molecule has 0 atom stereocenters. The third-order valence-electron chi connectivity index (χ3n) is 5.52. The van der Waals surface area contributed by atoms with Crippen molar-refractivity contribution in [3.8, 4) is 0 Å². The highest BCUT2D eigenvalue weighted by atomic mass is 19.1. The minimum absolute atomic E-state index is 0.146. The summed E-state index contributed by atoms with van der Waals surface area (Å²) >= 11 is 0. The lowest BCUT2D eigenvalue weighted by Gasteiger charge is -2.13. The second kappa shape index (κ2) is 9.56. The van der Waals surface area contributed by atoms with Crippen molar-refractivity contribution in [1.29, 1.82) is 0 Å². The molecule has 0 fully saturated rings. The van der Waals surface area contributed by atoms with E-state index in [9.17, 15) is 14.0 Å². The average molecular weight is 416 g/mol. The zero-order valence-electron chi connectivity index (χ0n) is 17.3. The molecule has 0 radical (unpaired) electrons. The molecule has 3 aromatic carbocycles. The standard InChI is InChI=1S/C26H25FN2O2/c27-23-14-12-21(17-24(23)29-26(31)15-10-18-6-2-1-3-7-18)28-20-11-13-22-19(16-20)8-4-5-9-25(22)30/h1-3,6-7,11-14,16-17,28H,4-5,8-10,15H2,(H,29,31). The van der Waals surface area contributed by atoms with Crippen LogP contribution in [0.5, 0.6) is 0 Å². The molecule has 3 aromatic rings. The molecule has 158 valence electrons. The van der Waals surface area contributed by atoms with Crippen molar-refractivity contribution < 1.29 is 14.0 Å². The molecule has 0 unspecified atom stereocenters. The fraction of sp³-hybridized carbons (Fsp3) is 0.231. The molecule has 2 N–H and O–H groups in total. The molecule has 4 rings (SSSR count). The number of hydrogen-bond acceptors (Lipinski definition) is 3. The summed E-state index contributed by atoms with van der Waals surface area (Å²) in [7, 11) is 0. The topological polar surface area (TPSA) is 58.2 Å². The van der Waals surface area contributed by atoms with E-state index >= 15 is 0 Å². The van der Waals surface area contributed by atoms with Gasteiger partial charge in [-0.3, -0.25) is 9.59 Å². The highest BCUT2D eigenvalue weighted by Crippen LogP contribution is 2.27. The molecule has 0 aromatic heterocycles. The monoisotopic (exact) mass is 416 g/mol. The van der Waals surface area contributed by atoms with Crippen molar-refractivity contribution in [2.45, 2.75) is 38.5 Å². The van der Waals surface area contributed by atoms with Crippen LogP contribution in [0.2, 0.25) is 0 Å². The molecule has 31 heavy (non-hydrogen) atoms. The molecule has 4 nitrogen and oxygen atoms in total. The van der Waals surface area contributed by atoms with E-state index in [1.807, 2.05) is 48.5 Å². The van der Waals surface area contributed by atoms with E-state index in [4.69, 9.17) is 0 Å². The summed E-state index contributed by atoms with van der Waals surface area (Å²) < 4.78 is 14.3. The molecule has 0 heterocycles. The molecule has 5 heteroatoms. The normalized spacial score (nSPS) is 13.3. The van der Waals surface area contributed by atoms with Crippen LogP contribution in [0, 0.1) is 5.82 Å². The summed E-state index contributed by atoms with van der Waals surface area (Å²) in [5, 5.41) is 5.93. The maximum absolute atomic E-state index is 14.3. The van der Waals surface area contributed by atoms with E-state index in [0.29, 0.717) is 18.5 Å². The van der Waals surface area contributed by atoms with Gasteiger partial charge in [-0.2, -0.15) is 0 Å². The number of fused-ring (bicyclic) bond motifs is 1. The largest absolute Gasteiger partial charge is 0.355 e. The van der Waals surface area contributed by atoms with E-state index in [0.717, 1.165) is 41.6 Å². The number of rotatable bonds is 6. The van der Waals surface area contributed by atoms with Gasteiger partial charge in [0, 0.05) is 29.8 Å². The van der Waals surface area contributed by atoms with Gasteiger partial charge in [0.25, 0.3) is 0 Å². The first kappa shape index (κ1) is 20.8. The minimum Gasteiger partial charge on any atom is -0.355 e. The molecule has 0 spiro atoms. The van der Waals surface area contributed by atoms with E-state index < -0.39 is 5.82 Å². The van der Waals surface area contributed by atoms with Crippen molar-refractivity contribution in [1.82, 2.24) is 0 Å². The van der Waals surface area contributed by atoms with Crippen LogP contribution in [0.1, 0.15) is 47.2 Å². The van der Waals surface area contributed by atoms with Crippen molar-refractivity contribution in [2.75, 3.05) is 10.6 Å². The molecule has 1 aliphatic rings. The third-order valence-corrected chi connectivity index (χ3v) is 5.52. The molecule has 0 bridgehead atoms. The van der Waals surface area contributed by atoms with Crippen LogP contribution in [0.25, 0.3) is 0 Å². The Morgan fingerprint density at radius 3 is 2.48 bits per heavy atom. The minimum atomic E-state index is -0.480.